The summed E-state index contributed by atoms with van der Waals surface area (Å²) in [7, 11) is 1.61. The molecular formula is C21H26N2O4. The Morgan fingerprint density at radius 1 is 1.07 bits per heavy atom. The Morgan fingerprint density at radius 2 is 1.74 bits per heavy atom. The van der Waals surface area contributed by atoms with Crippen molar-refractivity contribution < 1.29 is 19.0 Å². The molecule has 0 spiro atoms. The number of amides is 1. The van der Waals surface area contributed by atoms with Crippen LogP contribution in [0.5, 0.6) is 11.5 Å². The molecule has 2 aromatic carbocycles. The van der Waals surface area contributed by atoms with Gasteiger partial charge in [-0.1, -0.05) is 30.3 Å². The normalized spacial score (nSPS) is 15.7. The molecule has 6 nitrogen and oxygen atoms in total. The van der Waals surface area contributed by atoms with E-state index in [0.717, 1.165) is 32.1 Å². The molecule has 0 aromatic heterocycles. The average molecular weight is 370 g/mol. The summed E-state index contributed by atoms with van der Waals surface area (Å²) < 4.78 is 16.1. The average Bonchev–Trinajstić information content (AvgIpc) is 2.74. The van der Waals surface area contributed by atoms with Crippen molar-refractivity contribution in [3.05, 3.63) is 60.2 Å². The van der Waals surface area contributed by atoms with E-state index in [1.54, 1.807) is 31.4 Å². The molecule has 3 rings (SSSR count). The maximum atomic E-state index is 12.3. The van der Waals surface area contributed by atoms with Crippen LogP contribution in [0.4, 0.5) is 0 Å². The van der Waals surface area contributed by atoms with Gasteiger partial charge in [-0.15, -0.1) is 0 Å². The van der Waals surface area contributed by atoms with Gasteiger partial charge in [-0.25, -0.2) is 0 Å². The van der Waals surface area contributed by atoms with Crippen molar-refractivity contribution in [3.63, 3.8) is 0 Å². The van der Waals surface area contributed by atoms with Gasteiger partial charge in [0.05, 0.1) is 26.4 Å². The second-order valence-electron chi connectivity index (χ2n) is 6.34. The summed E-state index contributed by atoms with van der Waals surface area (Å²) in [5.74, 6) is 1.25. The molecule has 0 saturated carbocycles. The summed E-state index contributed by atoms with van der Waals surface area (Å²) in [6, 6.07) is 17.5. The van der Waals surface area contributed by atoms with Crippen molar-refractivity contribution in [2.24, 2.45) is 0 Å². The van der Waals surface area contributed by atoms with Gasteiger partial charge in [-0.05, 0) is 29.8 Å². The minimum atomic E-state index is -0.139. The van der Waals surface area contributed by atoms with E-state index >= 15 is 0 Å². The van der Waals surface area contributed by atoms with Crippen LogP contribution in [0.15, 0.2) is 54.6 Å². The summed E-state index contributed by atoms with van der Waals surface area (Å²) in [5, 5.41) is 3.00. The lowest BCUT2D eigenvalue weighted by atomic mass is 10.0. The summed E-state index contributed by atoms with van der Waals surface area (Å²) in [6.07, 6.45) is 0. The van der Waals surface area contributed by atoms with E-state index in [4.69, 9.17) is 14.2 Å². The van der Waals surface area contributed by atoms with Crippen LogP contribution in [0.25, 0.3) is 0 Å². The first kappa shape index (κ1) is 19.2. The molecule has 1 aliphatic rings. The van der Waals surface area contributed by atoms with E-state index in [1.165, 1.54) is 5.56 Å². The van der Waals surface area contributed by atoms with Gasteiger partial charge in [0.2, 0.25) is 0 Å². The zero-order valence-electron chi connectivity index (χ0n) is 15.6. The highest BCUT2D eigenvalue weighted by Gasteiger charge is 2.23. The molecule has 1 saturated heterocycles. The monoisotopic (exact) mass is 370 g/mol. The summed E-state index contributed by atoms with van der Waals surface area (Å²) in [6.45, 7) is 3.68. The minimum absolute atomic E-state index is 0.0169. The van der Waals surface area contributed by atoms with Crippen LogP contribution in [0.1, 0.15) is 11.6 Å². The molecule has 1 unspecified atom stereocenters. The predicted molar refractivity (Wildman–Crippen MR) is 103 cm³/mol. The minimum Gasteiger partial charge on any atom is -0.497 e. The molecule has 2 aromatic rings. The van der Waals surface area contributed by atoms with Crippen LogP contribution < -0.4 is 14.8 Å². The number of hydrogen-bond donors (Lipinski definition) is 1. The fourth-order valence-electron chi connectivity index (χ4n) is 3.10. The van der Waals surface area contributed by atoms with Crippen molar-refractivity contribution in [2.75, 3.05) is 46.6 Å². The van der Waals surface area contributed by atoms with Gasteiger partial charge in [0.25, 0.3) is 5.91 Å². The molecule has 1 N–H and O–H groups in total. The Hall–Kier alpha value is -2.57. The van der Waals surface area contributed by atoms with E-state index in [2.05, 4.69) is 22.3 Å². The van der Waals surface area contributed by atoms with Crippen molar-refractivity contribution in [1.29, 1.82) is 0 Å². The topological polar surface area (TPSA) is 60.0 Å². The molecule has 144 valence electrons. The van der Waals surface area contributed by atoms with Gasteiger partial charge >= 0.3 is 0 Å². The Bertz CT molecular complexity index is 700. The third kappa shape index (κ3) is 5.70. The highest BCUT2D eigenvalue weighted by atomic mass is 16.5. The molecule has 0 aliphatic carbocycles. The van der Waals surface area contributed by atoms with E-state index in [-0.39, 0.29) is 18.6 Å². The largest absolute Gasteiger partial charge is 0.497 e. The van der Waals surface area contributed by atoms with E-state index in [1.807, 2.05) is 18.2 Å². The number of hydrogen-bond acceptors (Lipinski definition) is 5. The summed E-state index contributed by atoms with van der Waals surface area (Å²) >= 11 is 0. The number of nitrogens with zero attached hydrogens (tertiary/aromatic N) is 1. The summed E-state index contributed by atoms with van der Waals surface area (Å²) in [5.41, 5.74) is 1.19. The van der Waals surface area contributed by atoms with Crippen LogP contribution in [0.3, 0.4) is 0 Å². The van der Waals surface area contributed by atoms with Gasteiger partial charge in [0, 0.05) is 19.6 Å². The molecule has 27 heavy (non-hydrogen) atoms. The standard InChI is InChI=1S/C21H26N2O4/c1-25-18-7-9-19(10-8-18)27-16-21(24)22-15-20(17-5-3-2-4-6-17)23-11-13-26-14-12-23/h2-10,20H,11-16H2,1H3,(H,22,24). The van der Waals surface area contributed by atoms with Crippen LogP contribution in [-0.2, 0) is 9.53 Å². The highest BCUT2D eigenvalue weighted by Crippen LogP contribution is 2.21. The van der Waals surface area contributed by atoms with Crippen molar-refractivity contribution in [1.82, 2.24) is 10.2 Å². The fraction of sp³-hybridized carbons (Fsp3) is 0.381. The zero-order valence-corrected chi connectivity index (χ0v) is 15.6. The third-order valence-electron chi connectivity index (χ3n) is 4.59. The number of rotatable bonds is 8. The molecule has 0 radical (unpaired) electrons. The van der Waals surface area contributed by atoms with Gasteiger partial charge in [0.1, 0.15) is 11.5 Å². The molecule has 1 aliphatic heterocycles. The number of morpholine rings is 1. The second-order valence-corrected chi connectivity index (χ2v) is 6.34. The molecule has 6 heteroatoms. The van der Waals surface area contributed by atoms with Crippen molar-refractivity contribution in [3.8, 4) is 11.5 Å². The fourth-order valence-corrected chi connectivity index (χ4v) is 3.10. The SMILES string of the molecule is COc1ccc(OCC(=O)NCC(c2ccccc2)N2CCOCC2)cc1. The van der Waals surface area contributed by atoms with Crippen molar-refractivity contribution in [2.45, 2.75) is 6.04 Å². The van der Waals surface area contributed by atoms with Crippen molar-refractivity contribution >= 4 is 5.91 Å². The lowest BCUT2D eigenvalue weighted by Crippen LogP contribution is -2.44. The number of carbonyl (C=O) groups is 1. The number of benzene rings is 2. The Kier molecular flexibility index (Phi) is 7.07. The van der Waals surface area contributed by atoms with E-state index < -0.39 is 0 Å². The predicted octanol–water partition coefficient (Wildman–Crippen LogP) is 2.26. The van der Waals surface area contributed by atoms with E-state index in [0.29, 0.717) is 12.3 Å². The number of methoxy groups -OCH3 is 1. The number of nitrogens with one attached hydrogen (secondary N) is 1. The Morgan fingerprint density at radius 3 is 2.41 bits per heavy atom. The lowest BCUT2D eigenvalue weighted by Gasteiger charge is -2.34. The van der Waals surface area contributed by atoms with Crippen LogP contribution in [0.2, 0.25) is 0 Å². The second kappa shape index (κ2) is 9.94. The summed E-state index contributed by atoms with van der Waals surface area (Å²) in [4.78, 5) is 14.6. The van der Waals surface area contributed by atoms with Crippen LogP contribution in [0, 0.1) is 0 Å². The van der Waals surface area contributed by atoms with Crippen LogP contribution in [-0.4, -0.2) is 57.4 Å². The third-order valence-corrected chi connectivity index (χ3v) is 4.59. The first-order chi connectivity index (χ1) is 13.3. The van der Waals surface area contributed by atoms with E-state index in [9.17, 15) is 4.79 Å². The maximum absolute atomic E-state index is 12.3. The molecule has 1 fully saturated rings. The first-order valence-electron chi connectivity index (χ1n) is 9.16. The van der Waals surface area contributed by atoms with Gasteiger partial charge in [0.15, 0.2) is 6.61 Å². The smallest absolute Gasteiger partial charge is 0.258 e. The highest BCUT2D eigenvalue weighted by molar-refractivity contribution is 5.77. The molecule has 1 atom stereocenters. The quantitative estimate of drug-likeness (QED) is 0.772. The van der Waals surface area contributed by atoms with Crippen LogP contribution >= 0.6 is 0 Å². The first-order valence-corrected chi connectivity index (χ1v) is 9.16. The molecule has 1 amide bonds. The Balaban J connectivity index is 1.53. The number of ether oxygens (including phenoxy) is 3. The Labute approximate surface area is 160 Å². The zero-order chi connectivity index (χ0) is 18.9. The van der Waals surface area contributed by atoms with Gasteiger partial charge < -0.3 is 19.5 Å². The molecule has 0 bridgehead atoms. The number of carbonyl (C=O) groups excluding carboxylic acids is 1. The van der Waals surface area contributed by atoms with Gasteiger partial charge in [-0.2, -0.15) is 0 Å². The molecular weight excluding hydrogens is 344 g/mol. The molecule has 1 heterocycles. The lowest BCUT2D eigenvalue weighted by molar-refractivity contribution is -0.123. The van der Waals surface area contributed by atoms with Gasteiger partial charge in [-0.3, -0.25) is 9.69 Å². The maximum Gasteiger partial charge on any atom is 0.258 e.